The van der Waals surface area contributed by atoms with Crippen molar-refractivity contribution in [3.63, 3.8) is 0 Å². The molecule has 3 nitrogen and oxygen atoms in total. The summed E-state index contributed by atoms with van der Waals surface area (Å²) in [5.41, 5.74) is 2.52. The fourth-order valence-electron chi connectivity index (χ4n) is 2.44. The highest BCUT2D eigenvalue weighted by Crippen LogP contribution is 2.27. The summed E-state index contributed by atoms with van der Waals surface area (Å²) in [6, 6.07) is 23.0. The monoisotopic (exact) mass is 473 g/mol. The summed E-state index contributed by atoms with van der Waals surface area (Å²) in [7, 11) is 0. The molecule has 0 saturated heterocycles. The van der Waals surface area contributed by atoms with Crippen molar-refractivity contribution in [1.29, 1.82) is 0 Å². The predicted octanol–water partition coefficient (Wildman–Crippen LogP) is 6.09. The highest BCUT2D eigenvalue weighted by Gasteiger charge is 2.11. The van der Waals surface area contributed by atoms with Gasteiger partial charge >= 0.3 is 0 Å². The zero-order chi connectivity index (χ0) is 18.4. The number of ether oxygens (including phenoxy) is 1. The fourth-order valence-corrected chi connectivity index (χ4v) is 3.32. The van der Waals surface area contributed by atoms with E-state index in [2.05, 4.69) is 49.3 Å². The van der Waals surface area contributed by atoms with Crippen molar-refractivity contribution in [2.45, 2.75) is 6.42 Å². The number of hydrogen-bond acceptors (Lipinski definition) is 2. The molecule has 5 heteroatoms. The number of carbonyl (C=O) groups is 1. The minimum Gasteiger partial charge on any atom is -0.492 e. The third kappa shape index (κ3) is 4.96. The first-order valence-electron chi connectivity index (χ1n) is 8.15. The zero-order valence-corrected chi connectivity index (χ0v) is 17.1. The van der Waals surface area contributed by atoms with E-state index in [1.807, 2.05) is 48.5 Å². The van der Waals surface area contributed by atoms with Crippen LogP contribution >= 0.6 is 31.9 Å². The average Bonchev–Trinajstić information content (AvgIpc) is 2.65. The van der Waals surface area contributed by atoms with Gasteiger partial charge in [0.15, 0.2) is 0 Å². The molecule has 132 valence electrons. The summed E-state index contributed by atoms with van der Waals surface area (Å²) in [5, 5.41) is 2.89. The lowest BCUT2D eigenvalue weighted by Crippen LogP contribution is -2.12. The zero-order valence-electron chi connectivity index (χ0n) is 13.9. The fraction of sp³-hybridized carbons (Fsp3) is 0.0952. The van der Waals surface area contributed by atoms with Gasteiger partial charge in [0, 0.05) is 16.5 Å². The molecule has 0 aliphatic rings. The number of hydrogen-bond donors (Lipinski definition) is 1. The topological polar surface area (TPSA) is 38.3 Å². The molecule has 0 radical (unpaired) electrons. The Balaban J connectivity index is 1.61. The van der Waals surface area contributed by atoms with Gasteiger partial charge in [0.2, 0.25) is 0 Å². The first-order chi connectivity index (χ1) is 12.6. The minimum atomic E-state index is -0.173. The number of para-hydroxylation sites is 1. The van der Waals surface area contributed by atoms with Gasteiger partial charge in [0.1, 0.15) is 5.75 Å². The van der Waals surface area contributed by atoms with E-state index in [1.54, 1.807) is 12.1 Å². The molecule has 0 fully saturated rings. The van der Waals surface area contributed by atoms with Gasteiger partial charge in [-0.3, -0.25) is 4.79 Å². The van der Waals surface area contributed by atoms with Crippen molar-refractivity contribution in [1.82, 2.24) is 0 Å². The number of nitrogens with one attached hydrogen (secondary N) is 1. The molecule has 26 heavy (non-hydrogen) atoms. The lowest BCUT2D eigenvalue weighted by molar-refractivity contribution is 0.102. The number of rotatable bonds is 6. The maximum Gasteiger partial charge on any atom is 0.255 e. The third-order valence-corrected chi connectivity index (χ3v) is 5.12. The molecule has 1 amide bonds. The standard InChI is InChI=1S/C21H17Br2NO2/c22-17-8-4-5-9-19(17)24-21(25)16-10-11-20(18(23)14-16)26-13-12-15-6-2-1-3-7-15/h1-11,14H,12-13H2,(H,24,25). The van der Waals surface area contributed by atoms with Gasteiger partial charge in [-0.25, -0.2) is 0 Å². The first kappa shape index (κ1) is 18.7. The quantitative estimate of drug-likeness (QED) is 0.469. The number of anilines is 1. The Hall–Kier alpha value is -2.11. The van der Waals surface area contributed by atoms with E-state index in [9.17, 15) is 4.79 Å². The van der Waals surface area contributed by atoms with Gasteiger partial charge in [0.05, 0.1) is 16.8 Å². The largest absolute Gasteiger partial charge is 0.492 e. The van der Waals surface area contributed by atoms with E-state index in [4.69, 9.17) is 4.74 Å². The van der Waals surface area contributed by atoms with Crippen LogP contribution in [-0.2, 0) is 6.42 Å². The average molecular weight is 475 g/mol. The van der Waals surface area contributed by atoms with Crippen molar-refractivity contribution < 1.29 is 9.53 Å². The molecule has 3 rings (SSSR count). The predicted molar refractivity (Wildman–Crippen MR) is 112 cm³/mol. The lowest BCUT2D eigenvalue weighted by atomic mass is 10.2. The summed E-state index contributed by atoms with van der Waals surface area (Å²) in [6.45, 7) is 0.575. The molecule has 0 aliphatic carbocycles. The Morgan fingerprint density at radius 3 is 2.35 bits per heavy atom. The van der Waals surface area contributed by atoms with Crippen molar-refractivity contribution >= 4 is 43.5 Å². The van der Waals surface area contributed by atoms with Gasteiger partial charge in [-0.15, -0.1) is 0 Å². The normalized spacial score (nSPS) is 10.4. The second-order valence-corrected chi connectivity index (χ2v) is 7.37. The van der Waals surface area contributed by atoms with E-state index in [0.717, 1.165) is 26.8 Å². The van der Waals surface area contributed by atoms with Crippen LogP contribution in [0.3, 0.4) is 0 Å². The SMILES string of the molecule is O=C(Nc1ccccc1Br)c1ccc(OCCc2ccccc2)c(Br)c1. The molecule has 0 heterocycles. The maximum absolute atomic E-state index is 12.4. The van der Waals surface area contributed by atoms with Gasteiger partial charge in [-0.05, 0) is 67.8 Å². The van der Waals surface area contributed by atoms with Crippen molar-refractivity contribution in [2.75, 3.05) is 11.9 Å². The summed E-state index contributed by atoms with van der Waals surface area (Å²) < 4.78 is 7.42. The molecule has 0 unspecified atom stereocenters. The van der Waals surface area contributed by atoms with E-state index >= 15 is 0 Å². The molecule has 0 saturated carbocycles. The van der Waals surface area contributed by atoms with E-state index in [-0.39, 0.29) is 5.91 Å². The van der Waals surface area contributed by atoms with Gasteiger partial charge < -0.3 is 10.1 Å². The Labute approximate surface area is 169 Å². The van der Waals surface area contributed by atoms with Crippen molar-refractivity contribution in [2.24, 2.45) is 0 Å². The van der Waals surface area contributed by atoms with Crippen LogP contribution in [0.1, 0.15) is 15.9 Å². The molecular weight excluding hydrogens is 458 g/mol. The van der Waals surface area contributed by atoms with Crippen LogP contribution in [0.5, 0.6) is 5.75 Å². The second-order valence-electron chi connectivity index (χ2n) is 5.66. The minimum absolute atomic E-state index is 0.173. The molecule has 0 aliphatic heterocycles. The maximum atomic E-state index is 12.4. The lowest BCUT2D eigenvalue weighted by Gasteiger charge is -2.11. The summed E-state index contributed by atoms with van der Waals surface area (Å²) in [5.74, 6) is 0.548. The Morgan fingerprint density at radius 2 is 1.62 bits per heavy atom. The summed E-state index contributed by atoms with van der Waals surface area (Å²) in [6.07, 6.45) is 0.831. The number of benzene rings is 3. The number of halogens is 2. The van der Waals surface area contributed by atoms with Crippen LogP contribution in [0.15, 0.2) is 81.7 Å². The summed E-state index contributed by atoms with van der Waals surface area (Å²) in [4.78, 5) is 12.4. The smallest absolute Gasteiger partial charge is 0.255 e. The second kappa shape index (κ2) is 9.01. The molecule has 0 aromatic heterocycles. The van der Waals surface area contributed by atoms with Crippen LogP contribution in [0.25, 0.3) is 0 Å². The summed E-state index contributed by atoms with van der Waals surface area (Å²) >= 11 is 6.91. The molecule has 0 spiro atoms. The van der Waals surface area contributed by atoms with Crippen LogP contribution in [0.4, 0.5) is 5.69 Å². The highest BCUT2D eigenvalue weighted by molar-refractivity contribution is 9.11. The van der Waals surface area contributed by atoms with Gasteiger partial charge in [-0.1, -0.05) is 42.5 Å². The molecular formula is C21H17Br2NO2. The Kier molecular flexibility index (Phi) is 6.47. The first-order valence-corrected chi connectivity index (χ1v) is 9.74. The molecule has 0 bridgehead atoms. The molecule has 1 N–H and O–H groups in total. The van der Waals surface area contributed by atoms with Crippen LogP contribution in [-0.4, -0.2) is 12.5 Å². The van der Waals surface area contributed by atoms with Gasteiger partial charge in [0.25, 0.3) is 5.91 Å². The van der Waals surface area contributed by atoms with E-state index in [0.29, 0.717) is 12.2 Å². The third-order valence-electron chi connectivity index (χ3n) is 3.81. The van der Waals surface area contributed by atoms with E-state index in [1.165, 1.54) is 5.56 Å². The number of carbonyl (C=O) groups excluding carboxylic acids is 1. The van der Waals surface area contributed by atoms with Gasteiger partial charge in [-0.2, -0.15) is 0 Å². The number of amides is 1. The van der Waals surface area contributed by atoms with Crippen molar-refractivity contribution in [3.8, 4) is 5.75 Å². The Morgan fingerprint density at radius 1 is 0.885 bits per heavy atom. The van der Waals surface area contributed by atoms with Crippen LogP contribution in [0.2, 0.25) is 0 Å². The van der Waals surface area contributed by atoms with Crippen LogP contribution < -0.4 is 10.1 Å². The highest BCUT2D eigenvalue weighted by atomic mass is 79.9. The van der Waals surface area contributed by atoms with Crippen molar-refractivity contribution in [3.05, 3.63) is 92.9 Å². The molecule has 3 aromatic carbocycles. The van der Waals surface area contributed by atoms with E-state index < -0.39 is 0 Å². The molecule has 3 aromatic rings. The molecule has 0 atom stereocenters. The Bertz CT molecular complexity index is 898. The van der Waals surface area contributed by atoms with Crippen LogP contribution in [0, 0.1) is 0 Å².